The molecule has 1 aliphatic rings. The predicted octanol–water partition coefficient (Wildman–Crippen LogP) is 1.83. The maximum absolute atomic E-state index is 5.89. The zero-order valence-corrected chi connectivity index (χ0v) is 12.3. The van der Waals surface area contributed by atoms with Crippen molar-refractivity contribution in [1.29, 1.82) is 0 Å². The first-order chi connectivity index (χ1) is 8.69. The second-order valence-electron chi connectivity index (χ2n) is 5.39. The van der Waals surface area contributed by atoms with Gasteiger partial charge in [-0.1, -0.05) is 20.8 Å². The number of hydrogen-bond acceptors (Lipinski definition) is 4. The van der Waals surface area contributed by atoms with E-state index in [1.165, 1.54) is 0 Å². The summed E-state index contributed by atoms with van der Waals surface area (Å²) in [6.45, 7) is 9.68. The maximum atomic E-state index is 5.89. The second kappa shape index (κ2) is 8.86. The second-order valence-corrected chi connectivity index (χ2v) is 5.39. The molecule has 0 aromatic rings. The molecule has 1 aliphatic carbocycles. The minimum absolute atomic E-state index is 0.186. The first-order valence-electron chi connectivity index (χ1n) is 7.14. The van der Waals surface area contributed by atoms with E-state index in [1.807, 2.05) is 0 Å². The van der Waals surface area contributed by atoms with E-state index in [0.29, 0.717) is 25.2 Å². The highest BCUT2D eigenvalue weighted by atomic mass is 16.6. The molecule has 0 aliphatic heterocycles. The number of ether oxygens (including phenoxy) is 3. The number of rotatable bonds is 10. The monoisotopic (exact) mass is 259 g/mol. The van der Waals surface area contributed by atoms with Crippen LogP contribution >= 0.6 is 0 Å². The molecule has 0 radical (unpaired) electrons. The van der Waals surface area contributed by atoms with Gasteiger partial charge in [-0.05, 0) is 25.3 Å². The van der Waals surface area contributed by atoms with Crippen molar-refractivity contribution in [1.82, 2.24) is 5.32 Å². The smallest absolute Gasteiger partial charge is 0.0991 e. The highest BCUT2D eigenvalue weighted by Crippen LogP contribution is 2.28. The first kappa shape index (κ1) is 15.9. The van der Waals surface area contributed by atoms with E-state index in [-0.39, 0.29) is 12.2 Å². The van der Waals surface area contributed by atoms with Gasteiger partial charge in [0.05, 0.1) is 25.4 Å². The molecule has 0 spiro atoms. The molecule has 0 aromatic carbocycles. The van der Waals surface area contributed by atoms with E-state index in [0.717, 1.165) is 26.0 Å². The molecule has 1 rings (SSSR count). The SMILES string of the molecule is CCCNC1CC(OCC(C)C)C1OCCOC. The Morgan fingerprint density at radius 1 is 1.22 bits per heavy atom. The standard InChI is InChI=1S/C14H29NO3/c1-5-6-15-12-9-13(18-10-11(2)3)14(12)17-8-7-16-4/h11-15H,5-10H2,1-4H3. The molecule has 1 saturated carbocycles. The van der Waals surface area contributed by atoms with Crippen molar-refractivity contribution in [3.8, 4) is 0 Å². The summed E-state index contributed by atoms with van der Waals surface area (Å²) in [6.07, 6.45) is 2.65. The summed E-state index contributed by atoms with van der Waals surface area (Å²) < 4.78 is 16.8. The molecule has 0 bridgehead atoms. The van der Waals surface area contributed by atoms with Crippen molar-refractivity contribution in [2.45, 2.75) is 51.9 Å². The lowest BCUT2D eigenvalue weighted by Crippen LogP contribution is -2.60. The van der Waals surface area contributed by atoms with Crippen LogP contribution in [-0.4, -0.2) is 51.7 Å². The Morgan fingerprint density at radius 3 is 2.61 bits per heavy atom. The Labute approximate surface area is 111 Å². The quantitative estimate of drug-likeness (QED) is 0.608. The predicted molar refractivity (Wildman–Crippen MR) is 72.9 cm³/mol. The summed E-state index contributed by atoms with van der Waals surface area (Å²) in [6, 6.07) is 0.443. The van der Waals surface area contributed by atoms with Crippen LogP contribution in [0.15, 0.2) is 0 Å². The van der Waals surface area contributed by atoms with Crippen molar-refractivity contribution < 1.29 is 14.2 Å². The van der Waals surface area contributed by atoms with Crippen LogP contribution in [0.25, 0.3) is 0 Å². The maximum Gasteiger partial charge on any atom is 0.0991 e. The molecule has 0 heterocycles. The van der Waals surface area contributed by atoms with E-state index in [2.05, 4.69) is 26.1 Å². The van der Waals surface area contributed by atoms with Gasteiger partial charge in [0.1, 0.15) is 0 Å². The molecule has 0 amide bonds. The third-order valence-electron chi connectivity index (χ3n) is 3.15. The molecule has 4 heteroatoms. The molecule has 0 saturated heterocycles. The average molecular weight is 259 g/mol. The van der Waals surface area contributed by atoms with Gasteiger partial charge < -0.3 is 19.5 Å². The molecule has 18 heavy (non-hydrogen) atoms. The lowest BCUT2D eigenvalue weighted by atomic mass is 9.85. The number of hydrogen-bond donors (Lipinski definition) is 1. The van der Waals surface area contributed by atoms with Gasteiger partial charge in [-0.15, -0.1) is 0 Å². The van der Waals surface area contributed by atoms with Gasteiger partial charge in [0.15, 0.2) is 0 Å². The van der Waals surface area contributed by atoms with Crippen molar-refractivity contribution in [3.63, 3.8) is 0 Å². The minimum atomic E-state index is 0.186. The Balaban J connectivity index is 2.28. The van der Waals surface area contributed by atoms with Crippen LogP contribution < -0.4 is 5.32 Å². The van der Waals surface area contributed by atoms with Crippen molar-refractivity contribution in [3.05, 3.63) is 0 Å². The van der Waals surface area contributed by atoms with Gasteiger partial charge in [0.25, 0.3) is 0 Å². The van der Waals surface area contributed by atoms with Crippen molar-refractivity contribution in [2.75, 3.05) is 33.5 Å². The molecule has 0 aromatic heterocycles. The zero-order chi connectivity index (χ0) is 13.4. The van der Waals surface area contributed by atoms with Gasteiger partial charge in [-0.25, -0.2) is 0 Å². The fourth-order valence-corrected chi connectivity index (χ4v) is 2.08. The fraction of sp³-hybridized carbons (Fsp3) is 1.00. The van der Waals surface area contributed by atoms with Crippen LogP contribution in [0.1, 0.15) is 33.6 Å². The molecule has 4 nitrogen and oxygen atoms in total. The summed E-state index contributed by atoms with van der Waals surface area (Å²) in [4.78, 5) is 0. The number of methoxy groups -OCH3 is 1. The van der Waals surface area contributed by atoms with Crippen molar-refractivity contribution in [2.24, 2.45) is 5.92 Å². The summed E-state index contributed by atoms with van der Waals surface area (Å²) >= 11 is 0. The largest absolute Gasteiger partial charge is 0.382 e. The van der Waals surface area contributed by atoms with Gasteiger partial charge >= 0.3 is 0 Å². The van der Waals surface area contributed by atoms with Crippen LogP contribution in [-0.2, 0) is 14.2 Å². The van der Waals surface area contributed by atoms with Crippen molar-refractivity contribution >= 4 is 0 Å². The molecule has 3 atom stereocenters. The third kappa shape index (κ3) is 5.22. The molecule has 3 unspecified atom stereocenters. The van der Waals surface area contributed by atoms with Gasteiger partial charge in [0, 0.05) is 19.8 Å². The average Bonchev–Trinajstić information content (AvgIpc) is 2.32. The fourth-order valence-electron chi connectivity index (χ4n) is 2.08. The Morgan fingerprint density at radius 2 is 2.00 bits per heavy atom. The number of nitrogens with one attached hydrogen (secondary N) is 1. The minimum Gasteiger partial charge on any atom is -0.382 e. The topological polar surface area (TPSA) is 39.7 Å². The lowest BCUT2D eigenvalue weighted by molar-refractivity contribution is -0.155. The zero-order valence-electron chi connectivity index (χ0n) is 12.3. The van der Waals surface area contributed by atoms with E-state index in [9.17, 15) is 0 Å². The Hall–Kier alpha value is -0.160. The van der Waals surface area contributed by atoms with E-state index >= 15 is 0 Å². The normalized spacial score (nSPS) is 27.5. The van der Waals surface area contributed by atoms with Gasteiger partial charge in [-0.3, -0.25) is 0 Å². The van der Waals surface area contributed by atoms with Crippen LogP contribution in [0, 0.1) is 5.92 Å². The first-order valence-corrected chi connectivity index (χ1v) is 7.14. The summed E-state index contributed by atoms with van der Waals surface area (Å²) in [5.41, 5.74) is 0. The lowest BCUT2D eigenvalue weighted by Gasteiger charge is -2.44. The van der Waals surface area contributed by atoms with Gasteiger partial charge in [0.2, 0.25) is 0 Å². The molecular weight excluding hydrogens is 230 g/mol. The molecule has 1 N–H and O–H groups in total. The summed E-state index contributed by atoms with van der Waals surface area (Å²) in [5, 5.41) is 3.52. The Kier molecular flexibility index (Phi) is 7.82. The van der Waals surface area contributed by atoms with E-state index in [1.54, 1.807) is 7.11 Å². The third-order valence-corrected chi connectivity index (χ3v) is 3.15. The van der Waals surface area contributed by atoms with E-state index in [4.69, 9.17) is 14.2 Å². The Bertz CT molecular complexity index is 211. The highest BCUT2D eigenvalue weighted by molar-refractivity contribution is 4.97. The van der Waals surface area contributed by atoms with Crippen LogP contribution in [0.4, 0.5) is 0 Å². The van der Waals surface area contributed by atoms with Crippen LogP contribution in [0.3, 0.4) is 0 Å². The van der Waals surface area contributed by atoms with E-state index < -0.39 is 0 Å². The highest BCUT2D eigenvalue weighted by Gasteiger charge is 2.42. The molecular formula is C14H29NO3. The van der Waals surface area contributed by atoms with Crippen LogP contribution in [0.2, 0.25) is 0 Å². The van der Waals surface area contributed by atoms with Gasteiger partial charge in [-0.2, -0.15) is 0 Å². The summed E-state index contributed by atoms with van der Waals surface area (Å²) in [7, 11) is 1.70. The summed E-state index contributed by atoms with van der Waals surface area (Å²) in [5.74, 6) is 0.576. The van der Waals surface area contributed by atoms with Crippen LogP contribution in [0.5, 0.6) is 0 Å². The molecule has 1 fully saturated rings. The molecule has 108 valence electrons.